The highest BCUT2D eigenvalue weighted by atomic mass is 127. The minimum Gasteiger partial charge on any atom is -0.356 e. The van der Waals surface area contributed by atoms with E-state index in [1.54, 1.807) is 19.2 Å². The van der Waals surface area contributed by atoms with Crippen molar-refractivity contribution in [3.63, 3.8) is 0 Å². The zero-order chi connectivity index (χ0) is 16.6. The van der Waals surface area contributed by atoms with Gasteiger partial charge in [0.2, 0.25) is 0 Å². The Kier molecular flexibility index (Phi) is 10.2. The predicted octanol–water partition coefficient (Wildman–Crippen LogP) is 4.18. The van der Waals surface area contributed by atoms with Crippen molar-refractivity contribution in [3.05, 3.63) is 35.6 Å². The summed E-state index contributed by atoms with van der Waals surface area (Å²) in [6.45, 7) is 0.957. The zero-order valence-electron chi connectivity index (χ0n) is 13.2. The maximum atomic E-state index is 12.8. The Morgan fingerprint density at radius 2 is 1.78 bits per heavy atom. The second kappa shape index (κ2) is 10.7. The van der Waals surface area contributed by atoms with Gasteiger partial charge in [0.15, 0.2) is 5.96 Å². The fraction of sp³-hybridized carbons (Fsp3) is 0.533. The van der Waals surface area contributed by atoms with E-state index in [4.69, 9.17) is 0 Å². The smallest absolute Gasteiger partial charge is 0.356 e. The largest absolute Gasteiger partial charge is 0.389 e. The lowest BCUT2D eigenvalue weighted by Crippen LogP contribution is -2.38. The number of rotatable bonds is 6. The molecule has 0 aliphatic rings. The third kappa shape index (κ3) is 9.62. The number of hydrogen-bond donors (Lipinski definition) is 1. The maximum Gasteiger partial charge on any atom is 0.389 e. The second-order valence-electron chi connectivity index (χ2n) is 5.03. The summed E-state index contributed by atoms with van der Waals surface area (Å²) in [5.41, 5.74) is 0.920. The van der Waals surface area contributed by atoms with Crippen LogP contribution in [0.2, 0.25) is 0 Å². The number of aliphatic imine (C=N–C) groups is 1. The summed E-state index contributed by atoms with van der Waals surface area (Å²) in [5.74, 6) is 0.301. The second-order valence-corrected chi connectivity index (χ2v) is 5.03. The Labute approximate surface area is 151 Å². The lowest BCUT2D eigenvalue weighted by Gasteiger charge is -2.22. The molecule has 0 aromatic heterocycles. The summed E-state index contributed by atoms with van der Waals surface area (Å²) < 4.78 is 48.9. The van der Waals surface area contributed by atoms with Crippen LogP contribution in [0.4, 0.5) is 17.6 Å². The molecule has 0 spiro atoms. The summed E-state index contributed by atoms with van der Waals surface area (Å²) in [6, 6.07) is 6.14. The summed E-state index contributed by atoms with van der Waals surface area (Å²) in [6.07, 6.45) is -4.35. The molecule has 0 saturated heterocycles. The average molecular weight is 447 g/mol. The van der Waals surface area contributed by atoms with E-state index >= 15 is 0 Å². The molecular weight excluding hydrogens is 425 g/mol. The fourth-order valence-electron chi connectivity index (χ4n) is 1.97. The molecule has 0 atom stereocenters. The third-order valence-corrected chi connectivity index (χ3v) is 3.08. The summed E-state index contributed by atoms with van der Waals surface area (Å²) in [5, 5.41) is 3.02. The van der Waals surface area contributed by atoms with Crippen LogP contribution in [0.15, 0.2) is 29.3 Å². The van der Waals surface area contributed by atoms with E-state index < -0.39 is 12.6 Å². The fourth-order valence-corrected chi connectivity index (χ4v) is 1.97. The number of halogens is 5. The lowest BCUT2D eigenvalue weighted by atomic mass is 10.2. The van der Waals surface area contributed by atoms with E-state index in [-0.39, 0.29) is 36.2 Å². The molecule has 0 unspecified atom stereocenters. The van der Waals surface area contributed by atoms with E-state index in [0.29, 0.717) is 25.5 Å². The average Bonchev–Trinajstić information content (AvgIpc) is 2.44. The van der Waals surface area contributed by atoms with Crippen LogP contribution in [-0.4, -0.2) is 37.7 Å². The van der Waals surface area contributed by atoms with Crippen LogP contribution in [0.25, 0.3) is 0 Å². The van der Waals surface area contributed by atoms with Crippen molar-refractivity contribution in [1.82, 2.24) is 10.2 Å². The lowest BCUT2D eigenvalue weighted by molar-refractivity contribution is -0.135. The number of nitrogens with zero attached hydrogens (tertiary/aromatic N) is 2. The highest BCUT2D eigenvalue weighted by Gasteiger charge is 2.25. The molecule has 1 rings (SSSR count). The van der Waals surface area contributed by atoms with Crippen molar-refractivity contribution in [2.45, 2.75) is 32.0 Å². The Bertz CT molecular complexity index is 475. The molecule has 1 aromatic carbocycles. The first-order chi connectivity index (χ1) is 10.3. The summed E-state index contributed by atoms with van der Waals surface area (Å²) >= 11 is 0. The van der Waals surface area contributed by atoms with E-state index in [9.17, 15) is 17.6 Å². The molecule has 23 heavy (non-hydrogen) atoms. The number of hydrogen-bond acceptors (Lipinski definition) is 1. The van der Waals surface area contributed by atoms with E-state index in [1.807, 2.05) is 11.9 Å². The third-order valence-electron chi connectivity index (χ3n) is 3.08. The topological polar surface area (TPSA) is 27.6 Å². The minimum absolute atomic E-state index is 0. The summed E-state index contributed by atoms with van der Waals surface area (Å²) in [7, 11) is 3.42. The molecule has 1 aromatic rings. The van der Waals surface area contributed by atoms with Gasteiger partial charge in [0.05, 0.1) is 0 Å². The Hall–Kier alpha value is -1.06. The van der Waals surface area contributed by atoms with Crippen molar-refractivity contribution in [1.29, 1.82) is 0 Å². The van der Waals surface area contributed by atoms with Gasteiger partial charge in [-0.05, 0) is 30.5 Å². The molecule has 0 radical (unpaired) electrons. The Balaban J connectivity index is 0.00000484. The number of unbranched alkanes of at least 4 members (excludes halogenated alkanes) is 1. The van der Waals surface area contributed by atoms with E-state index in [1.165, 1.54) is 12.1 Å². The van der Waals surface area contributed by atoms with Gasteiger partial charge in [0.25, 0.3) is 0 Å². The molecule has 8 heteroatoms. The van der Waals surface area contributed by atoms with Gasteiger partial charge in [-0.1, -0.05) is 12.1 Å². The molecule has 0 saturated carbocycles. The van der Waals surface area contributed by atoms with Crippen molar-refractivity contribution in [3.8, 4) is 0 Å². The van der Waals surface area contributed by atoms with Gasteiger partial charge >= 0.3 is 6.18 Å². The molecule has 0 amide bonds. The van der Waals surface area contributed by atoms with Gasteiger partial charge in [-0.3, -0.25) is 4.99 Å². The van der Waals surface area contributed by atoms with Gasteiger partial charge in [-0.2, -0.15) is 13.2 Å². The highest BCUT2D eigenvalue weighted by Crippen LogP contribution is 2.21. The standard InChI is InChI=1S/C15H21F4N3.HI/c1-20-14(21-10-4-3-9-15(17,18)19)22(2)11-12-5-7-13(16)8-6-12;/h5-8H,3-4,9-11H2,1-2H3,(H,20,21);1H. The first-order valence-corrected chi connectivity index (χ1v) is 7.05. The first kappa shape index (κ1) is 21.9. The number of nitrogens with one attached hydrogen (secondary N) is 1. The van der Waals surface area contributed by atoms with Gasteiger partial charge in [-0.25, -0.2) is 4.39 Å². The number of alkyl halides is 3. The van der Waals surface area contributed by atoms with Gasteiger partial charge in [-0.15, -0.1) is 24.0 Å². The molecule has 0 aliphatic carbocycles. The van der Waals surface area contributed by atoms with Crippen LogP contribution in [-0.2, 0) is 6.54 Å². The molecule has 132 valence electrons. The van der Waals surface area contributed by atoms with E-state index in [0.717, 1.165) is 5.56 Å². The number of benzene rings is 1. The highest BCUT2D eigenvalue weighted by molar-refractivity contribution is 14.0. The van der Waals surface area contributed by atoms with Crippen molar-refractivity contribution < 1.29 is 17.6 Å². The van der Waals surface area contributed by atoms with Crippen LogP contribution in [0.1, 0.15) is 24.8 Å². The van der Waals surface area contributed by atoms with Gasteiger partial charge < -0.3 is 10.2 Å². The molecule has 3 nitrogen and oxygen atoms in total. The van der Waals surface area contributed by atoms with E-state index in [2.05, 4.69) is 10.3 Å². The SMILES string of the molecule is CN=C(NCCCCC(F)(F)F)N(C)Cc1ccc(F)cc1.I. The molecule has 0 heterocycles. The van der Waals surface area contributed by atoms with Crippen LogP contribution in [0, 0.1) is 5.82 Å². The normalized spacial score (nSPS) is 11.8. The Morgan fingerprint density at radius 1 is 1.17 bits per heavy atom. The Morgan fingerprint density at radius 3 is 2.30 bits per heavy atom. The van der Waals surface area contributed by atoms with Crippen molar-refractivity contribution in [2.24, 2.45) is 4.99 Å². The first-order valence-electron chi connectivity index (χ1n) is 7.05. The summed E-state index contributed by atoms with van der Waals surface area (Å²) in [4.78, 5) is 5.91. The van der Waals surface area contributed by atoms with Crippen LogP contribution < -0.4 is 5.32 Å². The van der Waals surface area contributed by atoms with Gasteiger partial charge in [0, 0.05) is 33.6 Å². The molecule has 1 N–H and O–H groups in total. The van der Waals surface area contributed by atoms with Crippen molar-refractivity contribution >= 4 is 29.9 Å². The molecule has 0 fully saturated rings. The monoisotopic (exact) mass is 447 g/mol. The van der Waals surface area contributed by atoms with Crippen LogP contribution >= 0.6 is 24.0 Å². The molecule has 0 bridgehead atoms. The maximum absolute atomic E-state index is 12.8. The molecular formula is C15H22F4IN3. The predicted molar refractivity (Wildman–Crippen MR) is 94.5 cm³/mol. The minimum atomic E-state index is -4.10. The number of guanidine groups is 1. The zero-order valence-corrected chi connectivity index (χ0v) is 15.5. The van der Waals surface area contributed by atoms with Gasteiger partial charge in [0.1, 0.15) is 5.82 Å². The van der Waals surface area contributed by atoms with Crippen molar-refractivity contribution in [2.75, 3.05) is 20.6 Å². The van der Waals surface area contributed by atoms with Crippen LogP contribution in [0.3, 0.4) is 0 Å². The van der Waals surface area contributed by atoms with Crippen LogP contribution in [0.5, 0.6) is 0 Å². The molecule has 0 aliphatic heterocycles. The quantitative estimate of drug-likeness (QED) is 0.233.